The summed E-state index contributed by atoms with van der Waals surface area (Å²) in [5.41, 5.74) is -0.233. The molecule has 1 aliphatic rings. The topological polar surface area (TPSA) is 44.1 Å². The molecule has 0 N–H and O–H groups in total. The molecule has 4 nitrogen and oxygen atoms in total. The summed E-state index contributed by atoms with van der Waals surface area (Å²) in [6, 6.07) is 2.67. The highest BCUT2D eigenvalue weighted by Crippen LogP contribution is 2.38. The van der Waals surface area contributed by atoms with E-state index in [1.807, 2.05) is 6.92 Å². The molecule has 4 heteroatoms. The second-order valence-electron chi connectivity index (χ2n) is 3.20. The standard InChI is InChI=1S/C8H9N2O2/c1-8(3-4-8)12-7(11)10-6-2-5-9-10/h5-6H,3-4H2,1H3. The van der Waals surface area contributed by atoms with Gasteiger partial charge in [0.2, 0.25) is 0 Å². The highest BCUT2D eigenvalue weighted by atomic mass is 16.6. The molecular weight excluding hydrogens is 156 g/mol. The van der Waals surface area contributed by atoms with Crippen molar-refractivity contribution in [2.75, 3.05) is 0 Å². The van der Waals surface area contributed by atoms with E-state index in [-0.39, 0.29) is 5.60 Å². The van der Waals surface area contributed by atoms with Crippen LogP contribution in [0.4, 0.5) is 4.79 Å². The number of aromatic nitrogens is 2. The average molecular weight is 165 g/mol. The Hall–Kier alpha value is -1.32. The van der Waals surface area contributed by atoms with Crippen molar-refractivity contribution in [3.8, 4) is 0 Å². The first kappa shape index (κ1) is 7.34. The van der Waals surface area contributed by atoms with Crippen LogP contribution in [0.5, 0.6) is 0 Å². The van der Waals surface area contributed by atoms with Crippen LogP contribution < -0.4 is 0 Å². The second-order valence-corrected chi connectivity index (χ2v) is 3.20. The maximum absolute atomic E-state index is 11.2. The summed E-state index contributed by atoms with van der Waals surface area (Å²) in [4.78, 5) is 11.2. The normalized spacial score (nSPS) is 18.8. The summed E-state index contributed by atoms with van der Waals surface area (Å²) in [5.74, 6) is 0. The van der Waals surface area contributed by atoms with Crippen molar-refractivity contribution in [1.82, 2.24) is 9.78 Å². The molecule has 0 spiro atoms. The number of hydrogen-bond acceptors (Lipinski definition) is 3. The minimum Gasteiger partial charge on any atom is -0.442 e. The van der Waals surface area contributed by atoms with E-state index < -0.39 is 6.09 Å². The van der Waals surface area contributed by atoms with E-state index >= 15 is 0 Å². The van der Waals surface area contributed by atoms with E-state index in [9.17, 15) is 4.79 Å². The highest BCUT2D eigenvalue weighted by Gasteiger charge is 2.42. The summed E-state index contributed by atoms with van der Waals surface area (Å²) < 4.78 is 6.28. The Morgan fingerprint density at radius 1 is 1.75 bits per heavy atom. The van der Waals surface area contributed by atoms with Gasteiger partial charge in [0.05, 0.1) is 6.20 Å². The van der Waals surface area contributed by atoms with Crippen LogP contribution in [0, 0.1) is 6.07 Å². The van der Waals surface area contributed by atoms with Crippen LogP contribution in [0.15, 0.2) is 12.4 Å². The quantitative estimate of drug-likeness (QED) is 0.628. The zero-order chi connectivity index (χ0) is 8.60. The molecule has 12 heavy (non-hydrogen) atoms. The predicted molar refractivity (Wildman–Crippen MR) is 40.6 cm³/mol. The van der Waals surface area contributed by atoms with Gasteiger partial charge in [-0.15, -0.1) is 0 Å². The Morgan fingerprint density at radius 3 is 3.00 bits per heavy atom. The molecule has 63 valence electrons. The lowest BCUT2D eigenvalue weighted by molar-refractivity contribution is 0.0919. The predicted octanol–water partition coefficient (Wildman–Crippen LogP) is 1.22. The molecule has 1 aliphatic carbocycles. The number of ether oxygens (including phenoxy) is 1. The van der Waals surface area contributed by atoms with Crippen molar-refractivity contribution < 1.29 is 9.53 Å². The average Bonchev–Trinajstić information content (AvgIpc) is 2.55. The molecule has 1 aromatic heterocycles. The first-order valence-corrected chi connectivity index (χ1v) is 3.84. The van der Waals surface area contributed by atoms with Crippen LogP contribution in [-0.2, 0) is 4.74 Å². The molecule has 1 aromatic rings. The number of nitrogens with zero attached hydrogens (tertiary/aromatic N) is 2. The molecule has 0 atom stereocenters. The van der Waals surface area contributed by atoms with Crippen LogP contribution in [0.25, 0.3) is 0 Å². The van der Waals surface area contributed by atoms with Gasteiger partial charge in [-0.2, -0.15) is 9.78 Å². The zero-order valence-electron chi connectivity index (χ0n) is 6.78. The fourth-order valence-corrected chi connectivity index (χ4v) is 0.868. The van der Waals surface area contributed by atoms with Crippen molar-refractivity contribution >= 4 is 6.09 Å². The first-order chi connectivity index (χ1) is 5.70. The maximum atomic E-state index is 11.2. The molecular formula is C8H9N2O2. The van der Waals surface area contributed by atoms with Crippen molar-refractivity contribution in [2.24, 2.45) is 0 Å². The van der Waals surface area contributed by atoms with Crippen molar-refractivity contribution in [3.63, 3.8) is 0 Å². The smallest absolute Gasteiger partial charge is 0.435 e. The number of rotatable bonds is 1. The summed E-state index contributed by atoms with van der Waals surface area (Å²) in [5, 5.41) is 3.71. The first-order valence-electron chi connectivity index (χ1n) is 3.84. The van der Waals surface area contributed by atoms with E-state index in [1.165, 1.54) is 12.4 Å². The van der Waals surface area contributed by atoms with Gasteiger partial charge < -0.3 is 4.74 Å². The van der Waals surface area contributed by atoms with Crippen molar-refractivity contribution in [1.29, 1.82) is 0 Å². The zero-order valence-corrected chi connectivity index (χ0v) is 6.78. The Morgan fingerprint density at radius 2 is 2.50 bits per heavy atom. The minimum absolute atomic E-state index is 0.233. The van der Waals surface area contributed by atoms with Gasteiger partial charge in [-0.1, -0.05) is 0 Å². The van der Waals surface area contributed by atoms with Crippen LogP contribution in [0.2, 0.25) is 0 Å². The number of hydrogen-bond donors (Lipinski definition) is 0. The lowest BCUT2D eigenvalue weighted by Crippen LogP contribution is -2.21. The van der Waals surface area contributed by atoms with Gasteiger partial charge in [0, 0.05) is 12.3 Å². The number of carbonyl (C=O) groups is 1. The Kier molecular flexibility index (Phi) is 1.43. The fourth-order valence-electron chi connectivity index (χ4n) is 0.868. The van der Waals surface area contributed by atoms with E-state index in [0.717, 1.165) is 17.5 Å². The van der Waals surface area contributed by atoms with Gasteiger partial charge in [0.15, 0.2) is 0 Å². The fraction of sp³-hybridized carbons (Fsp3) is 0.500. The summed E-state index contributed by atoms with van der Waals surface area (Å²) in [6.45, 7) is 1.91. The van der Waals surface area contributed by atoms with Gasteiger partial charge in [-0.05, 0) is 19.8 Å². The van der Waals surface area contributed by atoms with E-state index in [1.54, 1.807) is 0 Å². The molecule has 0 saturated heterocycles. The Balaban J connectivity index is 2.02. The maximum Gasteiger partial charge on any atom is 0.435 e. The second kappa shape index (κ2) is 2.33. The SMILES string of the molecule is CC1(OC(=O)n2c[c]cn2)CC1. The molecule has 1 saturated carbocycles. The molecule has 1 radical (unpaired) electrons. The summed E-state index contributed by atoms with van der Waals surface area (Å²) >= 11 is 0. The minimum atomic E-state index is -0.420. The van der Waals surface area contributed by atoms with Gasteiger partial charge >= 0.3 is 6.09 Å². The van der Waals surface area contributed by atoms with Crippen LogP contribution in [0.3, 0.4) is 0 Å². The highest BCUT2D eigenvalue weighted by molar-refractivity contribution is 5.69. The molecule has 0 unspecified atom stereocenters. The van der Waals surface area contributed by atoms with E-state index in [4.69, 9.17) is 4.74 Å². The van der Waals surface area contributed by atoms with E-state index in [0.29, 0.717) is 0 Å². The molecule has 0 aromatic carbocycles. The lowest BCUT2D eigenvalue weighted by atomic mass is 10.4. The lowest BCUT2D eigenvalue weighted by Gasteiger charge is -2.09. The van der Waals surface area contributed by atoms with Gasteiger partial charge in [0.1, 0.15) is 5.60 Å². The van der Waals surface area contributed by atoms with E-state index in [2.05, 4.69) is 11.2 Å². The third kappa shape index (κ3) is 1.32. The summed E-state index contributed by atoms with van der Waals surface area (Å²) in [6.07, 6.45) is 4.36. The molecule has 1 heterocycles. The third-order valence-electron chi connectivity index (χ3n) is 1.93. The molecule has 2 rings (SSSR count). The van der Waals surface area contributed by atoms with Crippen LogP contribution in [0.1, 0.15) is 19.8 Å². The molecule has 0 aliphatic heterocycles. The molecule has 0 bridgehead atoms. The van der Waals surface area contributed by atoms with Gasteiger partial charge in [-0.3, -0.25) is 0 Å². The molecule has 1 fully saturated rings. The van der Waals surface area contributed by atoms with Crippen LogP contribution >= 0.6 is 0 Å². The summed E-state index contributed by atoms with van der Waals surface area (Å²) in [7, 11) is 0. The number of carbonyl (C=O) groups excluding carboxylic acids is 1. The Bertz CT molecular complexity index is 288. The van der Waals surface area contributed by atoms with Crippen molar-refractivity contribution in [3.05, 3.63) is 18.5 Å². The Labute approximate surface area is 70.1 Å². The largest absolute Gasteiger partial charge is 0.442 e. The van der Waals surface area contributed by atoms with Crippen LogP contribution in [-0.4, -0.2) is 21.5 Å². The third-order valence-corrected chi connectivity index (χ3v) is 1.93. The molecule has 0 amide bonds. The van der Waals surface area contributed by atoms with Gasteiger partial charge in [0.25, 0.3) is 0 Å². The monoisotopic (exact) mass is 165 g/mol. The van der Waals surface area contributed by atoms with Gasteiger partial charge in [-0.25, -0.2) is 4.79 Å². The van der Waals surface area contributed by atoms with Crippen molar-refractivity contribution in [2.45, 2.75) is 25.4 Å².